The topological polar surface area (TPSA) is 17.8 Å². The van der Waals surface area contributed by atoms with Crippen LogP contribution in [-0.4, -0.2) is 9.55 Å². The molecule has 3 rings (SSSR count). The zero-order valence-electron chi connectivity index (χ0n) is 11.4. The maximum Gasteiger partial charge on any atom is 0.117 e. The molecule has 0 aliphatic rings. The molecule has 96 valence electrons. The van der Waals surface area contributed by atoms with Crippen molar-refractivity contribution in [2.45, 2.75) is 19.3 Å². The van der Waals surface area contributed by atoms with E-state index < -0.39 is 0 Å². The second kappa shape index (κ2) is 4.88. The predicted molar refractivity (Wildman–Crippen MR) is 79.3 cm³/mol. The molecule has 0 aliphatic heterocycles. The lowest BCUT2D eigenvalue weighted by Gasteiger charge is -2.15. The molecular weight excluding hydrogens is 232 g/mol. The van der Waals surface area contributed by atoms with E-state index >= 15 is 0 Å². The van der Waals surface area contributed by atoms with Crippen LogP contribution < -0.4 is 0 Å². The number of para-hydroxylation sites is 2. The van der Waals surface area contributed by atoms with E-state index in [1.54, 1.807) is 0 Å². The molecule has 19 heavy (non-hydrogen) atoms. The molecule has 2 aromatic carbocycles. The minimum absolute atomic E-state index is 0.360. The van der Waals surface area contributed by atoms with Crippen molar-refractivity contribution in [3.63, 3.8) is 0 Å². The summed E-state index contributed by atoms with van der Waals surface area (Å²) < 4.78 is 2.22. The fraction of sp³-hybridized carbons (Fsp3) is 0.235. The molecule has 0 aliphatic carbocycles. The van der Waals surface area contributed by atoms with Crippen molar-refractivity contribution in [2.24, 2.45) is 7.05 Å². The Kier molecular flexibility index (Phi) is 3.08. The largest absolute Gasteiger partial charge is 0.331 e. The summed E-state index contributed by atoms with van der Waals surface area (Å²) in [5.41, 5.74) is 3.62. The van der Waals surface area contributed by atoms with Crippen molar-refractivity contribution in [3.8, 4) is 0 Å². The van der Waals surface area contributed by atoms with E-state index in [2.05, 4.69) is 67.1 Å². The molecule has 0 saturated carbocycles. The van der Waals surface area contributed by atoms with Crippen LogP contribution >= 0.6 is 0 Å². The Bertz CT molecular complexity index is 683. The highest BCUT2D eigenvalue weighted by Gasteiger charge is 2.18. The molecule has 0 unspecified atom stereocenters. The zero-order valence-corrected chi connectivity index (χ0v) is 11.4. The third kappa shape index (κ3) is 2.03. The molecule has 0 N–H and O–H groups in total. The van der Waals surface area contributed by atoms with E-state index in [-0.39, 0.29) is 0 Å². The quantitative estimate of drug-likeness (QED) is 0.684. The van der Waals surface area contributed by atoms with E-state index in [1.807, 2.05) is 6.07 Å². The molecule has 0 spiro atoms. The highest BCUT2D eigenvalue weighted by molar-refractivity contribution is 5.76. The Morgan fingerprint density at radius 2 is 1.68 bits per heavy atom. The molecule has 0 radical (unpaired) electrons. The van der Waals surface area contributed by atoms with Crippen molar-refractivity contribution in [3.05, 3.63) is 66.0 Å². The second-order valence-corrected chi connectivity index (χ2v) is 4.89. The summed E-state index contributed by atoms with van der Waals surface area (Å²) in [5, 5.41) is 0. The maximum atomic E-state index is 4.82. The van der Waals surface area contributed by atoms with Crippen molar-refractivity contribution in [1.29, 1.82) is 0 Å². The van der Waals surface area contributed by atoms with Crippen LogP contribution in [0.4, 0.5) is 0 Å². The minimum Gasteiger partial charge on any atom is -0.331 e. The molecular formula is C17H18N2. The van der Waals surface area contributed by atoms with Gasteiger partial charge in [-0.1, -0.05) is 49.4 Å². The Labute approximate surface area is 113 Å². The predicted octanol–water partition coefficient (Wildman–Crippen LogP) is 4.12. The Hall–Kier alpha value is -2.09. The number of aromatic nitrogens is 2. The third-order valence-electron chi connectivity index (χ3n) is 3.74. The van der Waals surface area contributed by atoms with Crippen LogP contribution in [0.3, 0.4) is 0 Å². The molecule has 3 aromatic rings. The van der Waals surface area contributed by atoms with Gasteiger partial charge in [0.05, 0.1) is 11.0 Å². The van der Waals surface area contributed by atoms with Crippen LogP contribution in [0.5, 0.6) is 0 Å². The molecule has 0 bridgehead atoms. The Morgan fingerprint density at radius 3 is 2.37 bits per heavy atom. The number of nitrogens with zero attached hydrogens (tertiary/aromatic N) is 2. The number of hydrogen-bond donors (Lipinski definition) is 0. The molecule has 1 heterocycles. The van der Waals surface area contributed by atoms with Crippen LogP contribution in [0.1, 0.15) is 30.7 Å². The first kappa shape index (κ1) is 12.0. The Morgan fingerprint density at radius 1 is 1.00 bits per heavy atom. The molecule has 1 aromatic heterocycles. The first-order chi connectivity index (χ1) is 9.31. The zero-order chi connectivity index (χ0) is 13.2. The molecule has 2 heteroatoms. The lowest BCUT2D eigenvalue weighted by Crippen LogP contribution is -2.07. The van der Waals surface area contributed by atoms with Crippen LogP contribution in [0.25, 0.3) is 11.0 Å². The highest BCUT2D eigenvalue weighted by Crippen LogP contribution is 2.29. The lowest BCUT2D eigenvalue weighted by molar-refractivity contribution is 0.681. The normalized spacial score (nSPS) is 12.7. The van der Waals surface area contributed by atoms with Crippen molar-refractivity contribution < 1.29 is 0 Å². The van der Waals surface area contributed by atoms with E-state index in [1.165, 1.54) is 11.1 Å². The third-order valence-corrected chi connectivity index (χ3v) is 3.74. The van der Waals surface area contributed by atoms with E-state index in [0.29, 0.717) is 5.92 Å². The van der Waals surface area contributed by atoms with E-state index in [0.717, 1.165) is 17.8 Å². The van der Waals surface area contributed by atoms with Gasteiger partial charge in [0.15, 0.2) is 0 Å². The van der Waals surface area contributed by atoms with Gasteiger partial charge >= 0.3 is 0 Å². The van der Waals surface area contributed by atoms with Gasteiger partial charge in [-0.2, -0.15) is 0 Å². The average Bonchev–Trinajstić information content (AvgIpc) is 2.79. The lowest BCUT2D eigenvalue weighted by atomic mass is 9.96. The standard InChI is InChI=1S/C17H18N2/c1-3-14(13-9-5-4-6-10-13)17-18-15-11-7-8-12-16(15)19(17)2/h4-12,14H,3H2,1-2H3/t14-/m0/s1. The van der Waals surface area contributed by atoms with Gasteiger partial charge in [0.2, 0.25) is 0 Å². The van der Waals surface area contributed by atoms with Gasteiger partial charge in [-0.05, 0) is 24.1 Å². The smallest absolute Gasteiger partial charge is 0.117 e. The van der Waals surface area contributed by atoms with Crippen LogP contribution in [0.15, 0.2) is 54.6 Å². The summed E-state index contributed by atoms with van der Waals surface area (Å²) in [7, 11) is 2.11. The van der Waals surface area contributed by atoms with Crippen LogP contribution in [-0.2, 0) is 7.05 Å². The van der Waals surface area contributed by atoms with E-state index in [4.69, 9.17) is 4.98 Å². The molecule has 1 atom stereocenters. The average molecular weight is 250 g/mol. The van der Waals surface area contributed by atoms with Gasteiger partial charge < -0.3 is 4.57 Å². The van der Waals surface area contributed by atoms with E-state index in [9.17, 15) is 0 Å². The number of benzene rings is 2. The first-order valence-electron chi connectivity index (χ1n) is 6.77. The SMILES string of the molecule is CC[C@@H](c1ccccc1)c1nc2ccccc2n1C. The monoisotopic (exact) mass is 250 g/mol. The summed E-state index contributed by atoms with van der Waals surface area (Å²) in [5.74, 6) is 1.51. The van der Waals surface area contributed by atoms with Crippen molar-refractivity contribution in [2.75, 3.05) is 0 Å². The van der Waals surface area contributed by atoms with Crippen LogP contribution in [0, 0.1) is 0 Å². The summed E-state index contributed by atoms with van der Waals surface area (Å²) >= 11 is 0. The molecule has 2 nitrogen and oxygen atoms in total. The first-order valence-corrected chi connectivity index (χ1v) is 6.77. The molecule has 0 fully saturated rings. The van der Waals surface area contributed by atoms with Gasteiger partial charge in [0.1, 0.15) is 5.82 Å². The number of hydrogen-bond acceptors (Lipinski definition) is 1. The minimum atomic E-state index is 0.360. The van der Waals surface area contributed by atoms with Crippen LogP contribution in [0.2, 0.25) is 0 Å². The molecule has 0 amide bonds. The van der Waals surface area contributed by atoms with Gasteiger partial charge in [-0.25, -0.2) is 4.98 Å². The summed E-state index contributed by atoms with van der Waals surface area (Å²) in [6.07, 6.45) is 1.06. The fourth-order valence-electron chi connectivity index (χ4n) is 2.73. The number of fused-ring (bicyclic) bond motifs is 1. The second-order valence-electron chi connectivity index (χ2n) is 4.89. The summed E-state index contributed by atoms with van der Waals surface area (Å²) in [4.78, 5) is 4.82. The summed E-state index contributed by atoms with van der Waals surface area (Å²) in [6.45, 7) is 2.22. The van der Waals surface area contributed by atoms with Gasteiger partial charge in [0, 0.05) is 13.0 Å². The fourth-order valence-corrected chi connectivity index (χ4v) is 2.73. The Balaban J connectivity index is 2.14. The maximum absolute atomic E-state index is 4.82. The molecule has 0 saturated heterocycles. The number of aryl methyl sites for hydroxylation is 1. The van der Waals surface area contributed by atoms with Gasteiger partial charge in [-0.3, -0.25) is 0 Å². The number of rotatable bonds is 3. The summed E-state index contributed by atoms with van der Waals surface area (Å²) in [6, 6.07) is 19.0. The van der Waals surface area contributed by atoms with Crippen molar-refractivity contribution in [1.82, 2.24) is 9.55 Å². The van der Waals surface area contributed by atoms with Gasteiger partial charge in [0.25, 0.3) is 0 Å². The van der Waals surface area contributed by atoms with Gasteiger partial charge in [-0.15, -0.1) is 0 Å². The highest BCUT2D eigenvalue weighted by atomic mass is 15.1. The number of imidazole rings is 1. The van der Waals surface area contributed by atoms with Crippen molar-refractivity contribution >= 4 is 11.0 Å².